The van der Waals surface area contributed by atoms with E-state index < -0.39 is 22.0 Å². The Hall–Kier alpha value is -1.94. The van der Waals surface area contributed by atoms with Crippen molar-refractivity contribution >= 4 is 54.9 Å². The van der Waals surface area contributed by atoms with E-state index in [1.54, 1.807) is 12.1 Å². The largest absolute Gasteiger partial charge is 0.468 e. The number of ether oxygens (including phenoxy) is 1. The molecule has 0 spiro atoms. The number of benzene rings is 2. The van der Waals surface area contributed by atoms with Gasteiger partial charge in [-0.15, -0.1) is 17.0 Å². The SMILES string of the molecule is Br.COC(=O)C(CCCCN)NS(=O)(=O)c1ccc2oc3ccccc3c2c1. The predicted molar refractivity (Wildman–Crippen MR) is 113 cm³/mol. The van der Waals surface area contributed by atoms with Gasteiger partial charge in [0.15, 0.2) is 0 Å². The summed E-state index contributed by atoms with van der Waals surface area (Å²) in [6.07, 6.45) is 1.63. The lowest BCUT2D eigenvalue weighted by molar-refractivity contribution is -0.142. The van der Waals surface area contributed by atoms with Crippen LogP contribution in [0.4, 0.5) is 0 Å². The van der Waals surface area contributed by atoms with Crippen molar-refractivity contribution < 1.29 is 22.4 Å². The third-order valence-corrected chi connectivity index (χ3v) is 5.86. The zero-order valence-electron chi connectivity index (χ0n) is 15.4. The van der Waals surface area contributed by atoms with Gasteiger partial charge < -0.3 is 14.9 Å². The van der Waals surface area contributed by atoms with E-state index in [0.29, 0.717) is 42.4 Å². The smallest absolute Gasteiger partial charge is 0.323 e. The third kappa shape index (κ3) is 4.72. The molecule has 0 aliphatic rings. The minimum atomic E-state index is -3.91. The van der Waals surface area contributed by atoms with Crippen LogP contribution in [0.5, 0.6) is 0 Å². The average Bonchev–Trinajstić information content (AvgIpc) is 3.04. The Morgan fingerprint density at radius 3 is 2.57 bits per heavy atom. The highest BCUT2D eigenvalue weighted by atomic mass is 79.9. The summed E-state index contributed by atoms with van der Waals surface area (Å²) in [5.41, 5.74) is 6.75. The van der Waals surface area contributed by atoms with Crippen LogP contribution in [-0.4, -0.2) is 34.1 Å². The maximum Gasteiger partial charge on any atom is 0.323 e. The number of nitrogens with one attached hydrogen (secondary N) is 1. The van der Waals surface area contributed by atoms with E-state index >= 15 is 0 Å². The number of para-hydroxylation sites is 1. The van der Waals surface area contributed by atoms with Gasteiger partial charge in [-0.3, -0.25) is 4.79 Å². The molecule has 0 aliphatic heterocycles. The summed E-state index contributed by atoms with van der Waals surface area (Å²) >= 11 is 0. The zero-order valence-corrected chi connectivity index (χ0v) is 17.9. The second-order valence-corrected chi connectivity index (χ2v) is 7.95. The molecule has 0 saturated heterocycles. The standard InChI is InChI=1S/C19H22N2O5S.BrH/c1-25-19(22)16(7-4-5-11-20)21-27(23,24)13-9-10-18-15(12-13)14-6-2-3-8-17(14)26-18;/h2-3,6,8-10,12,16,21H,4-5,7,11,20H2,1H3;1H. The van der Waals surface area contributed by atoms with E-state index in [0.717, 1.165) is 5.39 Å². The van der Waals surface area contributed by atoms with Crippen LogP contribution in [0.2, 0.25) is 0 Å². The number of furan rings is 1. The van der Waals surface area contributed by atoms with Gasteiger partial charge >= 0.3 is 5.97 Å². The fraction of sp³-hybridized carbons (Fsp3) is 0.316. The number of esters is 1. The van der Waals surface area contributed by atoms with Crippen LogP contribution >= 0.6 is 17.0 Å². The van der Waals surface area contributed by atoms with Crippen molar-refractivity contribution in [1.82, 2.24) is 4.72 Å². The Bertz CT molecular complexity index is 1060. The number of sulfonamides is 1. The number of nitrogens with two attached hydrogens (primary N) is 1. The molecule has 152 valence electrons. The molecule has 28 heavy (non-hydrogen) atoms. The first-order chi connectivity index (χ1) is 13.0. The first kappa shape index (κ1) is 22.4. The molecular formula is C19H23BrN2O5S. The van der Waals surface area contributed by atoms with Crippen molar-refractivity contribution in [3.05, 3.63) is 42.5 Å². The lowest BCUT2D eigenvalue weighted by Crippen LogP contribution is -2.41. The molecule has 1 atom stereocenters. The van der Waals surface area contributed by atoms with Crippen LogP contribution in [0, 0.1) is 0 Å². The number of methoxy groups -OCH3 is 1. The van der Waals surface area contributed by atoms with Crippen molar-refractivity contribution in [1.29, 1.82) is 0 Å². The molecular weight excluding hydrogens is 448 g/mol. The van der Waals surface area contributed by atoms with Crippen molar-refractivity contribution in [2.45, 2.75) is 30.2 Å². The highest BCUT2D eigenvalue weighted by Crippen LogP contribution is 2.30. The zero-order chi connectivity index (χ0) is 19.4. The maximum atomic E-state index is 12.8. The summed E-state index contributed by atoms with van der Waals surface area (Å²) in [6.45, 7) is 0.477. The summed E-state index contributed by atoms with van der Waals surface area (Å²) < 4.78 is 38.5. The van der Waals surface area contributed by atoms with Gasteiger partial charge in [0.1, 0.15) is 17.2 Å². The van der Waals surface area contributed by atoms with E-state index in [-0.39, 0.29) is 21.9 Å². The average molecular weight is 471 g/mol. The Balaban J connectivity index is 0.00000280. The Kier molecular flexibility index (Phi) is 7.59. The van der Waals surface area contributed by atoms with Crippen molar-refractivity contribution in [3.63, 3.8) is 0 Å². The van der Waals surface area contributed by atoms with Crippen molar-refractivity contribution in [2.75, 3.05) is 13.7 Å². The van der Waals surface area contributed by atoms with E-state index in [9.17, 15) is 13.2 Å². The summed E-state index contributed by atoms with van der Waals surface area (Å²) in [5.74, 6) is -0.620. The molecule has 3 rings (SSSR count). The highest BCUT2D eigenvalue weighted by Gasteiger charge is 2.26. The molecule has 3 aromatic rings. The number of unbranched alkanes of at least 4 members (excludes halogenated alkanes) is 1. The van der Waals surface area contributed by atoms with E-state index in [2.05, 4.69) is 4.72 Å². The lowest BCUT2D eigenvalue weighted by atomic mass is 10.1. The monoisotopic (exact) mass is 470 g/mol. The molecule has 1 aromatic heterocycles. The summed E-state index contributed by atoms with van der Waals surface area (Å²) in [4.78, 5) is 12.0. The molecule has 0 aliphatic carbocycles. The van der Waals surface area contributed by atoms with Gasteiger partial charge in [0, 0.05) is 10.8 Å². The van der Waals surface area contributed by atoms with Gasteiger partial charge in [-0.05, 0) is 43.7 Å². The molecule has 0 saturated carbocycles. The van der Waals surface area contributed by atoms with Gasteiger partial charge in [0.25, 0.3) is 0 Å². The van der Waals surface area contributed by atoms with Crippen LogP contribution < -0.4 is 10.5 Å². The number of carbonyl (C=O) groups is 1. The summed E-state index contributed by atoms with van der Waals surface area (Å²) in [7, 11) is -2.68. The second kappa shape index (κ2) is 9.51. The lowest BCUT2D eigenvalue weighted by Gasteiger charge is -2.16. The van der Waals surface area contributed by atoms with E-state index in [1.165, 1.54) is 13.2 Å². The Labute approximate surface area is 174 Å². The minimum absolute atomic E-state index is 0. The number of fused-ring (bicyclic) bond motifs is 3. The number of carbonyl (C=O) groups excluding carboxylic acids is 1. The molecule has 0 bridgehead atoms. The molecule has 1 heterocycles. The highest BCUT2D eigenvalue weighted by molar-refractivity contribution is 8.93. The van der Waals surface area contributed by atoms with Gasteiger partial charge in [-0.1, -0.05) is 24.6 Å². The van der Waals surface area contributed by atoms with Crippen LogP contribution in [0.25, 0.3) is 21.9 Å². The Morgan fingerprint density at radius 1 is 1.14 bits per heavy atom. The number of hydrogen-bond donors (Lipinski definition) is 2. The predicted octanol–water partition coefficient (Wildman–Crippen LogP) is 3.11. The maximum absolute atomic E-state index is 12.8. The Morgan fingerprint density at radius 2 is 1.86 bits per heavy atom. The number of halogens is 1. The van der Waals surface area contributed by atoms with Crippen LogP contribution in [0.15, 0.2) is 51.8 Å². The quantitative estimate of drug-likeness (QED) is 0.386. The summed E-state index contributed by atoms with van der Waals surface area (Å²) in [6, 6.07) is 11.1. The fourth-order valence-electron chi connectivity index (χ4n) is 2.99. The normalized spacial score (nSPS) is 12.6. The molecule has 9 heteroatoms. The molecule has 0 fully saturated rings. The topological polar surface area (TPSA) is 112 Å². The van der Waals surface area contributed by atoms with Crippen molar-refractivity contribution in [2.24, 2.45) is 5.73 Å². The molecule has 1 unspecified atom stereocenters. The minimum Gasteiger partial charge on any atom is -0.468 e. The van der Waals surface area contributed by atoms with Crippen molar-refractivity contribution in [3.8, 4) is 0 Å². The molecule has 0 radical (unpaired) electrons. The van der Waals surface area contributed by atoms with E-state index in [1.807, 2.05) is 24.3 Å². The number of hydrogen-bond acceptors (Lipinski definition) is 6. The summed E-state index contributed by atoms with van der Waals surface area (Å²) in [5, 5.41) is 1.53. The fourth-order valence-corrected chi connectivity index (χ4v) is 4.23. The van der Waals surface area contributed by atoms with Gasteiger partial charge in [-0.2, -0.15) is 4.72 Å². The second-order valence-electron chi connectivity index (χ2n) is 6.24. The van der Waals surface area contributed by atoms with Gasteiger partial charge in [0.2, 0.25) is 10.0 Å². The van der Waals surface area contributed by atoms with E-state index in [4.69, 9.17) is 14.9 Å². The first-order valence-electron chi connectivity index (χ1n) is 8.68. The van der Waals surface area contributed by atoms with Crippen LogP contribution in [-0.2, 0) is 19.6 Å². The number of rotatable bonds is 8. The molecule has 0 amide bonds. The van der Waals surface area contributed by atoms with Gasteiger partial charge in [-0.25, -0.2) is 8.42 Å². The first-order valence-corrected chi connectivity index (χ1v) is 10.2. The van der Waals surface area contributed by atoms with Gasteiger partial charge in [0.05, 0.1) is 12.0 Å². The molecule has 2 aromatic carbocycles. The molecule has 3 N–H and O–H groups in total. The molecule has 7 nitrogen and oxygen atoms in total. The van der Waals surface area contributed by atoms with Crippen LogP contribution in [0.3, 0.4) is 0 Å². The van der Waals surface area contributed by atoms with Crippen LogP contribution in [0.1, 0.15) is 19.3 Å². The third-order valence-electron chi connectivity index (χ3n) is 4.39.